The molecule has 3 atom stereocenters. The summed E-state index contributed by atoms with van der Waals surface area (Å²) in [6.45, 7) is 5.30. The number of ether oxygens (including phenoxy) is 1. The van der Waals surface area contributed by atoms with Gasteiger partial charge in [-0.05, 0) is 50.3 Å². The fourth-order valence-electron chi connectivity index (χ4n) is 3.31. The molecule has 3 heteroatoms. The molecule has 0 heterocycles. The van der Waals surface area contributed by atoms with Crippen molar-refractivity contribution < 1.29 is 9.13 Å². The molecule has 2 nitrogen and oxygen atoms in total. The summed E-state index contributed by atoms with van der Waals surface area (Å²) in [5.74, 6) is 1.98. The first-order chi connectivity index (χ1) is 9.61. The van der Waals surface area contributed by atoms with Crippen LogP contribution in [-0.4, -0.2) is 13.7 Å². The van der Waals surface area contributed by atoms with E-state index in [2.05, 4.69) is 12.2 Å². The molecule has 1 aliphatic rings. The molecule has 20 heavy (non-hydrogen) atoms. The maximum atomic E-state index is 14.0. The van der Waals surface area contributed by atoms with E-state index in [-0.39, 0.29) is 11.9 Å². The molecule has 0 spiro atoms. The Morgan fingerprint density at radius 3 is 2.90 bits per heavy atom. The van der Waals surface area contributed by atoms with Crippen molar-refractivity contribution in [3.63, 3.8) is 0 Å². The van der Waals surface area contributed by atoms with E-state index >= 15 is 0 Å². The van der Waals surface area contributed by atoms with Gasteiger partial charge in [0.25, 0.3) is 0 Å². The largest absolute Gasteiger partial charge is 0.496 e. The Bertz CT molecular complexity index is 435. The van der Waals surface area contributed by atoms with Crippen LogP contribution in [0.1, 0.15) is 51.1 Å². The van der Waals surface area contributed by atoms with Crippen LogP contribution in [-0.2, 0) is 0 Å². The third-order valence-corrected chi connectivity index (χ3v) is 4.42. The maximum Gasteiger partial charge on any atom is 0.131 e. The van der Waals surface area contributed by atoms with Gasteiger partial charge in [0.15, 0.2) is 0 Å². The molecule has 1 aromatic carbocycles. The fraction of sp³-hybridized carbons (Fsp3) is 0.647. The highest BCUT2D eigenvalue weighted by Crippen LogP contribution is 2.30. The first kappa shape index (κ1) is 15.3. The predicted octanol–water partition coefficient (Wildman–Crippen LogP) is 4.31. The zero-order chi connectivity index (χ0) is 14.5. The van der Waals surface area contributed by atoms with Crippen LogP contribution < -0.4 is 10.1 Å². The van der Waals surface area contributed by atoms with E-state index in [0.29, 0.717) is 11.3 Å². The molecule has 1 aromatic rings. The van der Waals surface area contributed by atoms with Crippen molar-refractivity contribution in [1.29, 1.82) is 0 Å². The summed E-state index contributed by atoms with van der Waals surface area (Å²) in [5.41, 5.74) is 0.638. The zero-order valence-electron chi connectivity index (χ0n) is 12.8. The minimum Gasteiger partial charge on any atom is -0.496 e. The average molecular weight is 279 g/mol. The first-order valence-corrected chi connectivity index (χ1v) is 7.67. The molecule has 0 bridgehead atoms. The van der Waals surface area contributed by atoms with Crippen LogP contribution in [0.25, 0.3) is 0 Å². The predicted molar refractivity (Wildman–Crippen MR) is 80.5 cm³/mol. The van der Waals surface area contributed by atoms with Crippen molar-refractivity contribution in [3.8, 4) is 5.75 Å². The lowest BCUT2D eigenvalue weighted by molar-refractivity contribution is 0.267. The second-order valence-corrected chi connectivity index (χ2v) is 6.12. The molecule has 3 unspecified atom stereocenters. The third kappa shape index (κ3) is 3.72. The third-order valence-electron chi connectivity index (χ3n) is 4.42. The highest BCUT2D eigenvalue weighted by Gasteiger charge is 2.21. The van der Waals surface area contributed by atoms with Gasteiger partial charge in [-0.1, -0.05) is 25.8 Å². The Morgan fingerprint density at radius 2 is 2.20 bits per heavy atom. The van der Waals surface area contributed by atoms with Crippen LogP contribution in [0, 0.1) is 17.7 Å². The molecule has 0 aliphatic heterocycles. The molecule has 112 valence electrons. The smallest absolute Gasteiger partial charge is 0.131 e. The number of benzene rings is 1. The summed E-state index contributed by atoms with van der Waals surface area (Å²) in [5, 5.41) is 3.48. The van der Waals surface area contributed by atoms with Gasteiger partial charge in [-0.2, -0.15) is 0 Å². The van der Waals surface area contributed by atoms with Crippen LogP contribution in [0.4, 0.5) is 4.39 Å². The molecule has 0 aromatic heterocycles. The van der Waals surface area contributed by atoms with Crippen molar-refractivity contribution >= 4 is 0 Å². The van der Waals surface area contributed by atoms with Crippen molar-refractivity contribution in [3.05, 3.63) is 29.6 Å². The van der Waals surface area contributed by atoms with Gasteiger partial charge in [0.2, 0.25) is 0 Å². The zero-order valence-corrected chi connectivity index (χ0v) is 12.8. The van der Waals surface area contributed by atoms with Crippen molar-refractivity contribution in [1.82, 2.24) is 5.32 Å². The van der Waals surface area contributed by atoms with Gasteiger partial charge in [-0.15, -0.1) is 0 Å². The van der Waals surface area contributed by atoms with Gasteiger partial charge in [-0.3, -0.25) is 0 Å². The fourth-order valence-corrected chi connectivity index (χ4v) is 3.31. The van der Waals surface area contributed by atoms with Crippen LogP contribution in [0.3, 0.4) is 0 Å². The normalized spacial score (nSPS) is 24.4. The Morgan fingerprint density at radius 1 is 1.40 bits per heavy atom. The van der Waals surface area contributed by atoms with E-state index < -0.39 is 0 Å². The Labute approximate surface area is 121 Å². The SMILES string of the molecule is COc1cccc(F)c1C(C)NCC1CCCC(C)C1. The quantitative estimate of drug-likeness (QED) is 0.867. The second kappa shape index (κ2) is 7.07. The van der Waals surface area contributed by atoms with E-state index in [1.54, 1.807) is 13.2 Å². The van der Waals surface area contributed by atoms with Crippen molar-refractivity contribution in [2.45, 2.75) is 45.6 Å². The summed E-state index contributed by atoms with van der Waals surface area (Å²) in [4.78, 5) is 0. The van der Waals surface area contributed by atoms with Crippen molar-refractivity contribution in [2.24, 2.45) is 11.8 Å². The molecule has 1 N–H and O–H groups in total. The first-order valence-electron chi connectivity index (χ1n) is 7.67. The van der Waals surface area contributed by atoms with Crippen molar-refractivity contribution in [2.75, 3.05) is 13.7 Å². The lowest BCUT2D eigenvalue weighted by Crippen LogP contribution is -2.29. The Balaban J connectivity index is 1.96. The van der Waals surface area contributed by atoms with Gasteiger partial charge in [0, 0.05) is 11.6 Å². The number of halogens is 1. The van der Waals surface area contributed by atoms with Gasteiger partial charge >= 0.3 is 0 Å². The molecule has 0 radical (unpaired) electrons. The van der Waals surface area contributed by atoms with Gasteiger partial charge in [-0.25, -0.2) is 4.39 Å². The average Bonchev–Trinajstić information content (AvgIpc) is 2.44. The van der Waals surface area contributed by atoms with Crippen LogP contribution in [0.15, 0.2) is 18.2 Å². The molecular formula is C17H26FNO. The highest BCUT2D eigenvalue weighted by molar-refractivity contribution is 5.36. The van der Waals surface area contributed by atoms with E-state index in [9.17, 15) is 4.39 Å². The van der Waals surface area contributed by atoms with Gasteiger partial charge < -0.3 is 10.1 Å². The molecule has 0 amide bonds. The molecule has 2 rings (SSSR count). The van der Waals surface area contributed by atoms with Crippen LogP contribution in [0.5, 0.6) is 5.75 Å². The molecular weight excluding hydrogens is 253 g/mol. The summed E-state index contributed by atoms with van der Waals surface area (Å²) in [7, 11) is 1.59. The van der Waals surface area contributed by atoms with Crippen LogP contribution >= 0.6 is 0 Å². The van der Waals surface area contributed by atoms with E-state index in [0.717, 1.165) is 18.4 Å². The Hall–Kier alpha value is -1.09. The minimum atomic E-state index is -0.193. The summed E-state index contributed by atoms with van der Waals surface area (Å²) >= 11 is 0. The molecule has 1 saturated carbocycles. The standard InChI is InChI=1S/C17H26FNO/c1-12-6-4-7-14(10-12)11-19-13(2)17-15(18)8-5-9-16(17)20-3/h5,8-9,12-14,19H,4,6-7,10-11H2,1-3H3. The topological polar surface area (TPSA) is 21.3 Å². The van der Waals surface area contributed by atoms with E-state index in [4.69, 9.17) is 4.74 Å². The van der Waals surface area contributed by atoms with Gasteiger partial charge in [0.05, 0.1) is 7.11 Å². The van der Waals surface area contributed by atoms with Crippen LogP contribution in [0.2, 0.25) is 0 Å². The number of hydrogen-bond acceptors (Lipinski definition) is 2. The summed E-state index contributed by atoms with van der Waals surface area (Å²) in [6.07, 6.45) is 5.25. The maximum absolute atomic E-state index is 14.0. The number of rotatable bonds is 5. The highest BCUT2D eigenvalue weighted by atomic mass is 19.1. The molecule has 0 saturated heterocycles. The number of methoxy groups -OCH3 is 1. The van der Waals surface area contributed by atoms with E-state index in [1.165, 1.54) is 31.7 Å². The van der Waals surface area contributed by atoms with E-state index in [1.807, 2.05) is 13.0 Å². The lowest BCUT2D eigenvalue weighted by atomic mass is 9.82. The van der Waals surface area contributed by atoms with Gasteiger partial charge in [0.1, 0.15) is 11.6 Å². The Kier molecular flexibility index (Phi) is 5.41. The second-order valence-electron chi connectivity index (χ2n) is 6.12. The monoisotopic (exact) mass is 279 g/mol. The lowest BCUT2D eigenvalue weighted by Gasteiger charge is -2.28. The number of nitrogens with one attached hydrogen (secondary N) is 1. The minimum absolute atomic E-state index is 0.0246. The number of hydrogen-bond donors (Lipinski definition) is 1. The summed E-state index contributed by atoms with van der Waals surface area (Å²) < 4.78 is 19.3. The molecule has 1 fully saturated rings. The molecule has 1 aliphatic carbocycles. The summed E-state index contributed by atoms with van der Waals surface area (Å²) in [6, 6.07) is 4.98.